The molecule has 2 aliphatic heterocycles. The molecule has 2 N–H and O–H groups in total. The predicted molar refractivity (Wildman–Crippen MR) is 68.4 cm³/mol. The van der Waals surface area contributed by atoms with Gasteiger partial charge in [0, 0.05) is 18.1 Å². The summed E-state index contributed by atoms with van der Waals surface area (Å²) in [5.41, 5.74) is 4.10. The first-order chi connectivity index (χ1) is 8.34. The van der Waals surface area contributed by atoms with Crippen LogP contribution in [-0.2, 0) is 17.7 Å². The monoisotopic (exact) mass is 252 g/mol. The highest BCUT2D eigenvalue weighted by atomic mass is 35.5. The summed E-state index contributed by atoms with van der Waals surface area (Å²) in [4.78, 5) is 0. The molecule has 1 atom stereocenters. The summed E-state index contributed by atoms with van der Waals surface area (Å²) in [5.74, 6) is 0. The quantitative estimate of drug-likeness (QED) is 0.798. The van der Waals surface area contributed by atoms with Crippen LogP contribution >= 0.6 is 11.6 Å². The highest BCUT2D eigenvalue weighted by molar-refractivity contribution is 6.30. The van der Waals surface area contributed by atoms with Gasteiger partial charge in [-0.2, -0.15) is 0 Å². The second-order valence-corrected chi connectivity index (χ2v) is 5.08. The Bertz CT molecular complexity index is 416. The minimum atomic E-state index is 0.288. The molecule has 0 amide bonds. The molecule has 1 aromatic rings. The number of hydrogen-bond donors (Lipinski definition) is 2. The largest absolute Gasteiger partial charge is 0.378 e. The molecule has 0 unspecified atom stereocenters. The zero-order chi connectivity index (χ0) is 11.7. The smallest absolute Gasteiger partial charge is 0.0662 e. The van der Waals surface area contributed by atoms with E-state index >= 15 is 0 Å². The van der Waals surface area contributed by atoms with Crippen molar-refractivity contribution in [1.82, 2.24) is 10.6 Å². The van der Waals surface area contributed by atoms with Gasteiger partial charge >= 0.3 is 0 Å². The normalized spacial score (nSPS) is 24.4. The molecule has 0 aromatic heterocycles. The van der Waals surface area contributed by atoms with Crippen LogP contribution in [0.15, 0.2) is 12.1 Å². The lowest BCUT2D eigenvalue weighted by Crippen LogP contribution is -2.36. The van der Waals surface area contributed by atoms with Crippen molar-refractivity contribution in [3.05, 3.63) is 33.8 Å². The maximum atomic E-state index is 6.21. The Morgan fingerprint density at radius 3 is 3.06 bits per heavy atom. The van der Waals surface area contributed by atoms with Gasteiger partial charge < -0.3 is 15.4 Å². The average Bonchev–Trinajstić information content (AvgIpc) is 2.39. The minimum Gasteiger partial charge on any atom is -0.378 e. The third kappa shape index (κ3) is 2.33. The zero-order valence-corrected chi connectivity index (χ0v) is 10.5. The number of halogens is 1. The third-order valence-electron chi connectivity index (χ3n) is 3.51. The maximum Gasteiger partial charge on any atom is 0.0662 e. The van der Waals surface area contributed by atoms with Gasteiger partial charge in [0.25, 0.3) is 0 Å². The summed E-state index contributed by atoms with van der Waals surface area (Å²) in [6.07, 6.45) is 1.07. The first kappa shape index (κ1) is 11.5. The van der Waals surface area contributed by atoms with Crippen LogP contribution in [0.4, 0.5) is 0 Å². The molecular formula is C13H17ClN2O. The molecule has 3 rings (SSSR count). The average molecular weight is 253 g/mol. The van der Waals surface area contributed by atoms with E-state index in [1.165, 1.54) is 16.7 Å². The van der Waals surface area contributed by atoms with Gasteiger partial charge in [0.1, 0.15) is 0 Å². The summed E-state index contributed by atoms with van der Waals surface area (Å²) in [7, 11) is 0. The van der Waals surface area contributed by atoms with Crippen molar-refractivity contribution >= 4 is 11.6 Å². The topological polar surface area (TPSA) is 33.3 Å². The lowest BCUT2D eigenvalue weighted by molar-refractivity contribution is 0.0765. The van der Waals surface area contributed by atoms with Gasteiger partial charge in [-0.3, -0.25) is 0 Å². The molecule has 17 heavy (non-hydrogen) atoms. The van der Waals surface area contributed by atoms with E-state index in [0.29, 0.717) is 0 Å². The van der Waals surface area contributed by atoms with E-state index < -0.39 is 0 Å². The van der Waals surface area contributed by atoms with Gasteiger partial charge in [-0.05, 0) is 41.8 Å². The van der Waals surface area contributed by atoms with Crippen molar-refractivity contribution in [1.29, 1.82) is 0 Å². The first-order valence-corrected chi connectivity index (χ1v) is 6.55. The number of hydrogen-bond acceptors (Lipinski definition) is 3. The number of fused-ring (bicyclic) bond motifs is 1. The van der Waals surface area contributed by atoms with Crippen LogP contribution < -0.4 is 10.6 Å². The molecule has 4 heteroatoms. The number of benzene rings is 1. The fourth-order valence-corrected chi connectivity index (χ4v) is 2.92. The summed E-state index contributed by atoms with van der Waals surface area (Å²) < 4.78 is 5.54. The van der Waals surface area contributed by atoms with Crippen LogP contribution in [0.5, 0.6) is 0 Å². The lowest BCUT2D eigenvalue weighted by Gasteiger charge is -2.29. The zero-order valence-electron chi connectivity index (χ0n) is 9.76. The molecule has 3 nitrogen and oxygen atoms in total. The van der Waals surface area contributed by atoms with Gasteiger partial charge in [0.15, 0.2) is 0 Å². The lowest BCUT2D eigenvalue weighted by atomic mass is 9.92. The molecule has 0 saturated carbocycles. The van der Waals surface area contributed by atoms with E-state index in [1.54, 1.807) is 0 Å². The molecule has 0 spiro atoms. The molecule has 0 bridgehead atoms. The fraction of sp³-hybridized carbons (Fsp3) is 0.538. The Morgan fingerprint density at radius 2 is 2.24 bits per heavy atom. The number of morpholine rings is 1. The van der Waals surface area contributed by atoms with Gasteiger partial charge in [0.05, 0.1) is 19.3 Å². The van der Waals surface area contributed by atoms with Crippen molar-refractivity contribution in [3.63, 3.8) is 0 Å². The van der Waals surface area contributed by atoms with Crippen molar-refractivity contribution < 1.29 is 4.74 Å². The molecule has 92 valence electrons. The van der Waals surface area contributed by atoms with Gasteiger partial charge in [0.2, 0.25) is 0 Å². The van der Waals surface area contributed by atoms with Crippen LogP contribution in [0, 0.1) is 0 Å². The molecule has 0 radical (unpaired) electrons. The Hall–Kier alpha value is -0.610. The fourth-order valence-electron chi connectivity index (χ4n) is 2.67. The number of nitrogens with one attached hydrogen (secondary N) is 2. The van der Waals surface area contributed by atoms with Gasteiger partial charge in [-0.15, -0.1) is 0 Å². The van der Waals surface area contributed by atoms with E-state index in [-0.39, 0.29) is 6.04 Å². The van der Waals surface area contributed by atoms with E-state index in [9.17, 15) is 0 Å². The van der Waals surface area contributed by atoms with Crippen molar-refractivity contribution in [3.8, 4) is 0 Å². The van der Waals surface area contributed by atoms with Crippen molar-refractivity contribution in [2.45, 2.75) is 19.0 Å². The summed E-state index contributed by atoms with van der Waals surface area (Å²) in [6.45, 7) is 4.45. The van der Waals surface area contributed by atoms with E-state index in [4.69, 9.17) is 16.3 Å². The standard InChI is InChI=1S/C13H17ClN2O/c14-10-5-9-1-2-15-7-12(9)11(6-10)13-8-17-4-3-16-13/h5-6,13,15-16H,1-4,7-8H2/t13-/m0/s1. The molecule has 2 heterocycles. The summed E-state index contributed by atoms with van der Waals surface area (Å²) in [6, 6.07) is 4.47. The Morgan fingerprint density at radius 1 is 1.29 bits per heavy atom. The minimum absolute atomic E-state index is 0.288. The van der Waals surface area contributed by atoms with Gasteiger partial charge in [-0.25, -0.2) is 0 Å². The Balaban J connectivity index is 1.98. The molecule has 1 saturated heterocycles. The molecule has 1 fully saturated rings. The predicted octanol–water partition coefficient (Wildman–Crippen LogP) is 1.65. The van der Waals surface area contributed by atoms with Gasteiger partial charge in [-0.1, -0.05) is 11.6 Å². The molecule has 0 aliphatic carbocycles. The van der Waals surface area contributed by atoms with E-state index in [1.807, 2.05) is 0 Å². The van der Waals surface area contributed by atoms with Crippen LogP contribution in [0.25, 0.3) is 0 Å². The summed E-state index contributed by atoms with van der Waals surface area (Å²) >= 11 is 6.21. The first-order valence-electron chi connectivity index (χ1n) is 6.17. The van der Waals surface area contributed by atoms with Crippen LogP contribution in [0.3, 0.4) is 0 Å². The molecular weight excluding hydrogens is 236 g/mol. The van der Waals surface area contributed by atoms with Crippen LogP contribution in [-0.4, -0.2) is 26.3 Å². The van der Waals surface area contributed by atoms with Crippen LogP contribution in [0.1, 0.15) is 22.7 Å². The SMILES string of the molecule is Clc1cc2c(c([C@@H]3COCCN3)c1)CNCC2. The van der Waals surface area contributed by atoms with Crippen molar-refractivity contribution in [2.24, 2.45) is 0 Å². The highest BCUT2D eigenvalue weighted by Gasteiger charge is 2.22. The van der Waals surface area contributed by atoms with E-state index in [0.717, 1.165) is 44.3 Å². The Labute approximate surface area is 106 Å². The molecule has 1 aromatic carbocycles. The van der Waals surface area contributed by atoms with Crippen LogP contribution in [0.2, 0.25) is 5.02 Å². The Kier molecular flexibility index (Phi) is 3.34. The van der Waals surface area contributed by atoms with Crippen molar-refractivity contribution in [2.75, 3.05) is 26.3 Å². The third-order valence-corrected chi connectivity index (χ3v) is 3.73. The number of rotatable bonds is 1. The number of ether oxygens (including phenoxy) is 1. The highest BCUT2D eigenvalue weighted by Crippen LogP contribution is 2.29. The molecule has 2 aliphatic rings. The summed E-state index contributed by atoms with van der Waals surface area (Å²) in [5, 5.41) is 7.77. The second-order valence-electron chi connectivity index (χ2n) is 4.64. The maximum absolute atomic E-state index is 6.21. The second kappa shape index (κ2) is 4.94. The van der Waals surface area contributed by atoms with E-state index in [2.05, 4.69) is 22.8 Å².